The van der Waals surface area contributed by atoms with Gasteiger partial charge in [-0.3, -0.25) is 0 Å². The minimum Gasteiger partial charge on any atom is -0.468 e. The van der Waals surface area contributed by atoms with Crippen molar-refractivity contribution < 1.29 is 14.2 Å². The van der Waals surface area contributed by atoms with Gasteiger partial charge in [0.05, 0.1) is 18.0 Å². The van der Waals surface area contributed by atoms with E-state index in [4.69, 9.17) is 25.8 Å². The van der Waals surface area contributed by atoms with Crippen molar-refractivity contribution in [3.63, 3.8) is 0 Å². The average molecular weight is 352 g/mol. The second kappa shape index (κ2) is 7.45. The highest BCUT2D eigenvalue weighted by atomic mass is 35.5. The standard InChI is InChI=1S/C17H18ClNO3S/c1-20-8-7-19-14-5-4-13(22-11-21-2)10-17(14)23-16-6-3-12(18)9-15(16)19/h3-6,9-10H,7-8,11H2,1-2H3. The molecule has 0 aliphatic carbocycles. The quantitative estimate of drug-likeness (QED) is 0.711. The average Bonchev–Trinajstić information content (AvgIpc) is 2.57. The Morgan fingerprint density at radius 3 is 2.65 bits per heavy atom. The molecule has 0 aromatic heterocycles. The Hall–Kier alpha value is -1.40. The van der Waals surface area contributed by atoms with Crippen LogP contribution in [0.4, 0.5) is 11.4 Å². The molecular formula is C17H18ClNO3S. The number of rotatable bonds is 6. The predicted molar refractivity (Wildman–Crippen MR) is 93.4 cm³/mol. The monoisotopic (exact) mass is 351 g/mol. The van der Waals surface area contributed by atoms with Crippen LogP contribution in [0.3, 0.4) is 0 Å². The number of methoxy groups -OCH3 is 2. The second-order valence-electron chi connectivity index (χ2n) is 5.04. The van der Waals surface area contributed by atoms with Crippen molar-refractivity contribution in [1.29, 1.82) is 0 Å². The van der Waals surface area contributed by atoms with E-state index < -0.39 is 0 Å². The highest BCUT2D eigenvalue weighted by Crippen LogP contribution is 2.49. The van der Waals surface area contributed by atoms with Gasteiger partial charge in [-0.05, 0) is 36.4 Å². The van der Waals surface area contributed by atoms with Gasteiger partial charge < -0.3 is 19.1 Å². The Morgan fingerprint density at radius 1 is 1.00 bits per heavy atom. The molecule has 0 saturated heterocycles. The molecule has 0 atom stereocenters. The van der Waals surface area contributed by atoms with Crippen LogP contribution in [0.2, 0.25) is 5.02 Å². The summed E-state index contributed by atoms with van der Waals surface area (Å²) >= 11 is 7.90. The summed E-state index contributed by atoms with van der Waals surface area (Å²) in [5.41, 5.74) is 2.24. The SMILES string of the molecule is COCCN1c2ccc(OCOC)cc2Sc2ccc(Cl)cc21. The molecule has 0 amide bonds. The zero-order chi connectivity index (χ0) is 16.2. The first-order valence-corrected chi connectivity index (χ1v) is 8.42. The van der Waals surface area contributed by atoms with E-state index in [2.05, 4.69) is 11.0 Å². The second-order valence-corrected chi connectivity index (χ2v) is 6.56. The molecule has 23 heavy (non-hydrogen) atoms. The summed E-state index contributed by atoms with van der Waals surface area (Å²) in [7, 11) is 3.32. The summed E-state index contributed by atoms with van der Waals surface area (Å²) in [6.45, 7) is 1.64. The van der Waals surface area contributed by atoms with Gasteiger partial charge in [-0.1, -0.05) is 23.4 Å². The zero-order valence-electron chi connectivity index (χ0n) is 13.0. The Labute approximate surface area is 145 Å². The van der Waals surface area contributed by atoms with E-state index in [1.807, 2.05) is 30.3 Å². The fraction of sp³-hybridized carbons (Fsp3) is 0.294. The van der Waals surface area contributed by atoms with E-state index in [9.17, 15) is 0 Å². The van der Waals surface area contributed by atoms with Crippen molar-refractivity contribution in [2.75, 3.05) is 39.1 Å². The van der Waals surface area contributed by atoms with Crippen molar-refractivity contribution in [3.05, 3.63) is 41.4 Å². The first-order valence-electron chi connectivity index (χ1n) is 7.22. The largest absolute Gasteiger partial charge is 0.468 e. The molecule has 1 aliphatic heterocycles. The lowest BCUT2D eigenvalue weighted by molar-refractivity contribution is 0.0510. The third kappa shape index (κ3) is 3.58. The van der Waals surface area contributed by atoms with Crippen LogP contribution in [-0.2, 0) is 9.47 Å². The molecule has 0 N–H and O–H groups in total. The normalized spacial score (nSPS) is 12.7. The van der Waals surface area contributed by atoms with Gasteiger partial charge in [0.2, 0.25) is 0 Å². The lowest BCUT2D eigenvalue weighted by Gasteiger charge is -2.33. The van der Waals surface area contributed by atoms with Crippen molar-refractivity contribution in [2.45, 2.75) is 9.79 Å². The molecule has 2 aromatic rings. The Kier molecular flexibility index (Phi) is 5.33. The van der Waals surface area contributed by atoms with E-state index in [1.165, 1.54) is 4.90 Å². The van der Waals surface area contributed by atoms with E-state index in [0.717, 1.165) is 33.6 Å². The Balaban J connectivity index is 1.97. The van der Waals surface area contributed by atoms with E-state index >= 15 is 0 Å². The van der Waals surface area contributed by atoms with Crippen LogP contribution in [0.5, 0.6) is 5.75 Å². The van der Waals surface area contributed by atoms with Gasteiger partial charge in [-0.15, -0.1) is 0 Å². The maximum Gasteiger partial charge on any atom is 0.188 e. The Morgan fingerprint density at radius 2 is 1.87 bits per heavy atom. The van der Waals surface area contributed by atoms with Gasteiger partial charge in [-0.25, -0.2) is 0 Å². The van der Waals surface area contributed by atoms with Crippen LogP contribution in [0, 0.1) is 0 Å². The molecule has 0 spiro atoms. The van der Waals surface area contributed by atoms with Crippen molar-refractivity contribution >= 4 is 34.7 Å². The maximum atomic E-state index is 6.18. The number of halogens is 1. The molecule has 0 bridgehead atoms. The van der Waals surface area contributed by atoms with Crippen LogP contribution < -0.4 is 9.64 Å². The van der Waals surface area contributed by atoms with Crippen molar-refractivity contribution in [1.82, 2.24) is 0 Å². The third-order valence-corrected chi connectivity index (χ3v) is 4.86. The lowest BCUT2D eigenvalue weighted by Crippen LogP contribution is -2.24. The van der Waals surface area contributed by atoms with Crippen LogP contribution >= 0.6 is 23.4 Å². The number of nitrogens with zero attached hydrogens (tertiary/aromatic N) is 1. The number of hydrogen-bond donors (Lipinski definition) is 0. The summed E-state index contributed by atoms with van der Waals surface area (Å²) < 4.78 is 15.8. The molecule has 0 radical (unpaired) electrons. The summed E-state index contributed by atoms with van der Waals surface area (Å²) in [6, 6.07) is 12.0. The molecule has 4 nitrogen and oxygen atoms in total. The maximum absolute atomic E-state index is 6.18. The summed E-state index contributed by atoms with van der Waals surface area (Å²) in [4.78, 5) is 4.54. The van der Waals surface area contributed by atoms with E-state index in [1.54, 1.807) is 26.0 Å². The van der Waals surface area contributed by atoms with Gasteiger partial charge in [-0.2, -0.15) is 0 Å². The number of hydrogen-bond acceptors (Lipinski definition) is 5. The molecule has 1 heterocycles. The molecule has 0 fully saturated rings. The molecule has 122 valence electrons. The van der Waals surface area contributed by atoms with Gasteiger partial charge in [0.1, 0.15) is 5.75 Å². The van der Waals surface area contributed by atoms with Gasteiger partial charge in [0.25, 0.3) is 0 Å². The van der Waals surface area contributed by atoms with Gasteiger partial charge in [0.15, 0.2) is 6.79 Å². The third-order valence-electron chi connectivity index (χ3n) is 3.52. The van der Waals surface area contributed by atoms with Crippen LogP contribution in [0.1, 0.15) is 0 Å². The van der Waals surface area contributed by atoms with Crippen LogP contribution in [-0.4, -0.2) is 34.2 Å². The molecular weight excluding hydrogens is 334 g/mol. The smallest absolute Gasteiger partial charge is 0.188 e. The van der Waals surface area contributed by atoms with Gasteiger partial charge >= 0.3 is 0 Å². The highest BCUT2D eigenvalue weighted by Gasteiger charge is 2.24. The molecule has 3 rings (SSSR count). The first kappa shape index (κ1) is 16.5. The topological polar surface area (TPSA) is 30.9 Å². The fourth-order valence-corrected chi connectivity index (χ4v) is 3.75. The molecule has 6 heteroatoms. The minimum absolute atomic E-state index is 0.239. The number of fused-ring (bicyclic) bond motifs is 2. The summed E-state index contributed by atoms with van der Waals surface area (Å²) in [5.74, 6) is 0.794. The summed E-state index contributed by atoms with van der Waals surface area (Å²) in [5, 5.41) is 0.732. The fourth-order valence-electron chi connectivity index (χ4n) is 2.48. The number of ether oxygens (including phenoxy) is 3. The predicted octanol–water partition coefficient (Wildman–Crippen LogP) is 4.57. The molecule has 0 unspecified atom stereocenters. The van der Waals surface area contributed by atoms with Crippen molar-refractivity contribution in [2.24, 2.45) is 0 Å². The van der Waals surface area contributed by atoms with Crippen LogP contribution in [0.25, 0.3) is 0 Å². The zero-order valence-corrected chi connectivity index (χ0v) is 14.6. The molecule has 0 saturated carbocycles. The highest BCUT2D eigenvalue weighted by molar-refractivity contribution is 7.99. The Bertz CT molecular complexity index is 696. The van der Waals surface area contributed by atoms with Crippen molar-refractivity contribution in [3.8, 4) is 5.75 Å². The van der Waals surface area contributed by atoms with E-state index in [0.29, 0.717) is 6.61 Å². The number of anilines is 2. The summed E-state index contributed by atoms with van der Waals surface area (Å²) in [6.07, 6.45) is 0. The number of benzene rings is 2. The van der Waals surface area contributed by atoms with Gasteiger partial charge in [0, 0.05) is 35.6 Å². The lowest BCUT2D eigenvalue weighted by atomic mass is 10.2. The van der Waals surface area contributed by atoms with Crippen LogP contribution in [0.15, 0.2) is 46.2 Å². The molecule has 2 aromatic carbocycles. The molecule has 1 aliphatic rings. The minimum atomic E-state index is 0.239. The van der Waals surface area contributed by atoms with E-state index in [-0.39, 0.29) is 6.79 Å². The first-order chi connectivity index (χ1) is 11.2.